The number of hydrogen-bond acceptors (Lipinski definition) is 2. The molecule has 1 N–H and O–H groups in total. The summed E-state index contributed by atoms with van der Waals surface area (Å²) in [6.45, 7) is 0. The molecule has 0 saturated carbocycles. The molecule has 2 atom stereocenters. The van der Waals surface area contributed by atoms with E-state index >= 15 is 0 Å². The lowest BCUT2D eigenvalue weighted by Crippen LogP contribution is -2.32. The lowest BCUT2D eigenvalue weighted by Gasteiger charge is -2.26. The first-order valence-corrected chi connectivity index (χ1v) is 4.75. The van der Waals surface area contributed by atoms with E-state index in [-0.39, 0.29) is 5.01 Å². The highest BCUT2D eigenvalue weighted by Gasteiger charge is 2.25. The molecule has 1 aliphatic heterocycles. The molecule has 0 bridgehead atoms. The fourth-order valence-corrected chi connectivity index (χ4v) is 1.69. The van der Waals surface area contributed by atoms with Gasteiger partial charge in [-0.25, -0.2) is 0 Å². The highest BCUT2D eigenvalue weighted by molar-refractivity contribution is 9.09. The molecule has 0 fully saturated rings. The smallest absolute Gasteiger partial charge is 0.179 e. The fourth-order valence-electron chi connectivity index (χ4n) is 1.31. The van der Waals surface area contributed by atoms with Gasteiger partial charge in [-0.05, 0) is 27.6 Å². The van der Waals surface area contributed by atoms with Crippen LogP contribution in [0.2, 0.25) is 0 Å². The zero-order valence-electron chi connectivity index (χ0n) is 6.40. The van der Waals surface area contributed by atoms with E-state index in [1.807, 2.05) is 24.3 Å². The second-order valence-electron chi connectivity index (χ2n) is 2.85. The third kappa shape index (κ3) is 1.34. The summed E-state index contributed by atoms with van der Waals surface area (Å²) in [5.41, 5.74) is 1.07. The Hall–Kier alpha value is -0.540. The Labute approximate surface area is 79.3 Å². The van der Waals surface area contributed by atoms with Crippen molar-refractivity contribution in [3.63, 3.8) is 0 Å². The maximum Gasteiger partial charge on any atom is 0.179 e. The monoisotopic (exact) mass is 228 g/mol. The summed E-state index contributed by atoms with van der Waals surface area (Å²) in [6, 6.07) is 7.76. The molecule has 2 nitrogen and oxygen atoms in total. The Morgan fingerprint density at radius 3 is 3.00 bits per heavy atom. The Bertz CT molecular complexity index is 259. The minimum Gasteiger partial charge on any atom is -0.476 e. The summed E-state index contributed by atoms with van der Waals surface area (Å²) in [5, 5.41) is 9.18. The average molecular weight is 229 g/mol. The summed E-state index contributed by atoms with van der Waals surface area (Å²) in [6.07, 6.45) is 0.214. The Morgan fingerprint density at radius 1 is 1.42 bits per heavy atom. The highest BCUT2D eigenvalue weighted by Crippen LogP contribution is 2.29. The number of rotatable bonds is 0. The van der Waals surface area contributed by atoms with Gasteiger partial charge in [0.05, 0.1) is 0 Å². The molecule has 1 aliphatic rings. The summed E-state index contributed by atoms with van der Waals surface area (Å²) in [5.74, 6) is 0.865. The van der Waals surface area contributed by atoms with Gasteiger partial charge in [0.25, 0.3) is 0 Å². The Morgan fingerprint density at radius 2 is 2.17 bits per heavy atom. The van der Waals surface area contributed by atoms with Crippen molar-refractivity contribution in [3.05, 3.63) is 29.8 Å². The number of alkyl halides is 1. The second kappa shape index (κ2) is 3.07. The van der Waals surface area contributed by atoms with Gasteiger partial charge >= 0.3 is 0 Å². The van der Waals surface area contributed by atoms with E-state index in [9.17, 15) is 5.11 Å². The molecule has 64 valence electrons. The van der Waals surface area contributed by atoms with Crippen LogP contribution in [-0.4, -0.2) is 16.2 Å². The summed E-state index contributed by atoms with van der Waals surface area (Å²) in [7, 11) is 0. The van der Waals surface area contributed by atoms with Gasteiger partial charge in [-0.2, -0.15) is 0 Å². The van der Waals surface area contributed by atoms with Crippen LogP contribution < -0.4 is 4.74 Å². The molecule has 1 heterocycles. The molecule has 1 aromatic rings. The van der Waals surface area contributed by atoms with Crippen molar-refractivity contribution in [2.75, 3.05) is 0 Å². The van der Waals surface area contributed by atoms with E-state index in [0.717, 1.165) is 11.3 Å². The van der Waals surface area contributed by atoms with Crippen LogP contribution in [0.1, 0.15) is 5.56 Å². The van der Waals surface area contributed by atoms with Crippen molar-refractivity contribution in [3.8, 4) is 5.75 Å². The molecule has 3 heteroatoms. The summed E-state index contributed by atoms with van der Waals surface area (Å²) in [4.78, 5) is 0. The molecular formula is C9H9BrO2. The van der Waals surface area contributed by atoms with Gasteiger partial charge in [-0.15, -0.1) is 0 Å². The van der Waals surface area contributed by atoms with Crippen LogP contribution in [0.25, 0.3) is 0 Å². The van der Waals surface area contributed by atoms with Crippen LogP contribution in [0.5, 0.6) is 5.75 Å². The van der Waals surface area contributed by atoms with Crippen molar-refractivity contribution in [1.29, 1.82) is 0 Å². The molecule has 12 heavy (non-hydrogen) atoms. The number of fused-ring (bicyclic) bond motifs is 1. The quantitative estimate of drug-likeness (QED) is 0.686. The first kappa shape index (κ1) is 8.08. The molecule has 0 saturated heterocycles. The maximum absolute atomic E-state index is 9.45. The van der Waals surface area contributed by atoms with Crippen molar-refractivity contribution in [2.24, 2.45) is 0 Å². The number of aliphatic hydroxyl groups is 1. The third-order valence-corrected chi connectivity index (χ3v) is 2.74. The minimum atomic E-state index is -0.445. The van der Waals surface area contributed by atoms with Crippen molar-refractivity contribution in [1.82, 2.24) is 0 Å². The molecule has 1 aromatic carbocycles. The number of halogens is 1. The van der Waals surface area contributed by atoms with E-state index in [1.165, 1.54) is 0 Å². The normalized spacial score (nSPS) is 27.5. The number of benzene rings is 1. The number of hydrogen-bond donors (Lipinski definition) is 1. The van der Waals surface area contributed by atoms with Crippen LogP contribution >= 0.6 is 15.9 Å². The topological polar surface area (TPSA) is 29.5 Å². The molecule has 0 radical (unpaired) electrons. The molecular weight excluding hydrogens is 220 g/mol. The van der Waals surface area contributed by atoms with Crippen LogP contribution in [0.15, 0.2) is 24.3 Å². The van der Waals surface area contributed by atoms with Crippen molar-refractivity contribution >= 4 is 15.9 Å². The van der Waals surface area contributed by atoms with Crippen LogP contribution in [0.4, 0.5) is 0 Å². The zero-order chi connectivity index (χ0) is 8.55. The zero-order valence-corrected chi connectivity index (χ0v) is 7.99. The highest BCUT2D eigenvalue weighted by atomic mass is 79.9. The Balaban J connectivity index is 2.34. The van der Waals surface area contributed by atoms with Crippen molar-refractivity contribution in [2.45, 2.75) is 17.5 Å². The third-order valence-electron chi connectivity index (χ3n) is 1.94. The average Bonchev–Trinajstić information content (AvgIpc) is 2.07. The second-order valence-corrected chi connectivity index (χ2v) is 3.75. The molecule has 0 aliphatic carbocycles. The molecule has 0 amide bonds. The lowest BCUT2D eigenvalue weighted by molar-refractivity contribution is 0.0756. The fraction of sp³-hybridized carbons (Fsp3) is 0.333. The van der Waals surface area contributed by atoms with E-state index in [2.05, 4.69) is 15.9 Å². The largest absolute Gasteiger partial charge is 0.476 e. The maximum atomic E-state index is 9.45. The van der Waals surface area contributed by atoms with E-state index < -0.39 is 6.10 Å². The van der Waals surface area contributed by atoms with Crippen molar-refractivity contribution < 1.29 is 9.84 Å². The van der Waals surface area contributed by atoms with Gasteiger partial charge in [0, 0.05) is 6.42 Å². The molecule has 0 spiro atoms. The Kier molecular flexibility index (Phi) is 2.07. The van der Waals surface area contributed by atoms with E-state index in [1.54, 1.807) is 0 Å². The first-order valence-electron chi connectivity index (χ1n) is 3.84. The van der Waals surface area contributed by atoms with Gasteiger partial charge in [-0.1, -0.05) is 18.2 Å². The molecule has 2 unspecified atom stereocenters. The molecule has 0 aromatic heterocycles. The lowest BCUT2D eigenvalue weighted by atomic mass is 10.1. The van der Waals surface area contributed by atoms with Crippen LogP contribution in [0, 0.1) is 0 Å². The number of aliphatic hydroxyl groups excluding tert-OH is 1. The number of para-hydroxylation sites is 1. The van der Waals surface area contributed by atoms with Crippen LogP contribution in [-0.2, 0) is 6.42 Å². The van der Waals surface area contributed by atoms with Crippen LogP contribution in [0.3, 0.4) is 0 Å². The predicted octanol–water partition coefficient (Wildman–Crippen LogP) is 1.70. The minimum absolute atomic E-state index is 0.271. The van der Waals surface area contributed by atoms with Gasteiger partial charge in [0.1, 0.15) is 11.9 Å². The predicted molar refractivity (Wildman–Crippen MR) is 49.5 cm³/mol. The van der Waals surface area contributed by atoms with E-state index in [0.29, 0.717) is 6.42 Å². The van der Waals surface area contributed by atoms with Gasteiger partial charge < -0.3 is 9.84 Å². The van der Waals surface area contributed by atoms with Gasteiger partial charge in [0.15, 0.2) is 5.01 Å². The number of ether oxygens (including phenoxy) is 1. The standard InChI is InChI=1S/C9H9BrO2/c10-9-7(11)5-6-3-1-2-4-8(6)12-9/h1-4,7,9,11H,5H2. The SMILES string of the molecule is OC1Cc2ccccc2OC1Br. The van der Waals surface area contributed by atoms with Gasteiger partial charge in [-0.3, -0.25) is 0 Å². The van der Waals surface area contributed by atoms with E-state index in [4.69, 9.17) is 4.74 Å². The first-order chi connectivity index (χ1) is 5.77. The van der Waals surface area contributed by atoms with Gasteiger partial charge in [0.2, 0.25) is 0 Å². The summed E-state index contributed by atoms with van der Waals surface area (Å²) >= 11 is 3.25. The molecule has 2 rings (SSSR count). The summed E-state index contributed by atoms with van der Waals surface area (Å²) < 4.78 is 5.41.